The zero-order valence-electron chi connectivity index (χ0n) is 20.6. The van der Waals surface area contributed by atoms with Crippen LogP contribution in [0.1, 0.15) is 23.7 Å². The Bertz CT molecular complexity index is 1340. The van der Waals surface area contributed by atoms with Crippen LogP contribution in [0.4, 0.5) is 11.4 Å². The average molecular weight is 513 g/mol. The molecule has 0 aliphatic rings. The molecule has 6 nitrogen and oxygen atoms in total. The Balaban J connectivity index is 1.35. The summed E-state index contributed by atoms with van der Waals surface area (Å²) in [6.45, 7) is 1.97. The van der Waals surface area contributed by atoms with E-state index in [9.17, 15) is 9.59 Å². The smallest absolute Gasteiger partial charge is 0.255 e. The molecular formula is C30H28N2O4S. The Morgan fingerprint density at radius 1 is 0.757 bits per heavy atom. The van der Waals surface area contributed by atoms with Crippen LogP contribution in [0.2, 0.25) is 0 Å². The second-order valence-electron chi connectivity index (χ2n) is 8.16. The van der Waals surface area contributed by atoms with Gasteiger partial charge >= 0.3 is 0 Å². The summed E-state index contributed by atoms with van der Waals surface area (Å²) in [5, 5.41) is 5.60. The Morgan fingerprint density at radius 2 is 1.46 bits per heavy atom. The molecule has 0 fully saturated rings. The maximum atomic E-state index is 13.0. The van der Waals surface area contributed by atoms with Crippen LogP contribution in [-0.4, -0.2) is 24.2 Å². The molecular weight excluding hydrogens is 484 g/mol. The van der Waals surface area contributed by atoms with E-state index in [0.717, 1.165) is 10.6 Å². The number of carbonyl (C=O) groups excluding carboxylic acids is 2. The molecule has 0 bridgehead atoms. The highest BCUT2D eigenvalue weighted by Gasteiger charge is 2.19. The fourth-order valence-corrected chi connectivity index (χ4v) is 4.57. The molecule has 2 N–H and O–H groups in total. The first-order valence-corrected chi connectivity index (χ1v) is 12.8. The van der Waals surface area contributed by atoms with E-state index in [1.165, 1.54) is 11.8 Å². The number of benzene rings is 4. The van der Waals surface area contributed by atoms with Crippen molar-refractivity contribution in [3.05, 3.63) is 109 Å². The topological polar surface area (TPSA) is 76.7 Å². The number of methoxy groups -OCH3 is 1. The van der Waals surface area contributed by atoms with Crippen LogP contribution in [0, 0.1) is 0 Å². The molecule has 0 heterocycles. The Hall–Kier alpha value is -4.23. The van der Waals surface area contributed by atoms with Gasteiger partial charge in [0.2, 0.25) is 5.91 Å². The summed E-state index contributed by atoms with van der Waals surface area (Å²) in [6.07, 6.45) is 0.645. The molecule has 0 radical (unpaired) electrons. The van der Waals surface area contributed by atoms with E-state index in [0.29, 0.717) is 34.9 Å². The van der Waals surface area contributed by atoms with Gasteiger partial charge in [-0.15, -0.1) is 11.8 Å². The van der Waals surface area contributed by atoms with Gasteiger partial charge in [0.25, 0.3) is 5.91 Å². The molecule has 0 spiro atoms. The summed E-state index contributed by atoms with van der Waals surface area (Å²) in [6, 6.07) is 31.3. The van der Waals surface area contributed by atoms with Gasteiger partial charge in [0.1, 0.15) is 17.2 Å². The number of hydrogen-bond donors (Lipinski definition) is 2. The number of anilines is 2. The van der Waals surface area contributed by atoms with E-state index in [4.69, 9.17) is 9.47 Å². The number of rotatable bonds is 10. The minimum absolute atomic E-state index is 0.0879. The maximum Gasteiger partial charge on any atom is 0.255 e. The number of ether oxygens (including phenoxy) is 2. The van der Waals surface area contributed by atoms with E-state index in [2.05, 4.69) is 10.6 Å². The summed E-state index contributed by atoms with van der Waals surface area (Å²) in [7, 11) is 1.56. The summed E-state index contributed by atoms with van der Waals surface area (Å²) in [5.74, 6) is 1.75. The Labute approximate surface area is 221 Å². The van der Waals surface area contributed by atoms with Crippen LogP contribution < -0.4 is 20.1 Å². The standard InChI is InChI=1S/C30H28N2O4S/c1-3-28(30(34)31-22-15-17-25(18-16-22)36-24-11-5-4-6-12-24)37-27-14-8-10-23(20-27)32-29(33)21-9-7-13-26(19-21)35-2/h4-20,28H,3H2,1-2H3,(H,31,34)(H,32,33). The third kappa shape index (κ3) is 7.38. The van der Waals surface area contributed by atoms with Crippen LogP contribution in [0.25, 0.3) is 0 Å². The number of carbonyl (C=O) groups is 2. The number of thioether (sulfide) groups is 1. The van der Waals surface area contributed by atoms with Gasteiger partial charge < -0.3 is 20.1 Å². The lowest BCUT2D eigenvalue weighted by atomic mass is 10.2. The summed E-state index contributed by atoms with van der Waals surface area (Å²) in [5.41, 5.74) is 1.86. The van der Waals surface area contributed by atoms with Gasteiger partial charge in [-0.3, -0.25) is 9.59 Å². The number of para-hydroxylation sites is 1. The van der Waals surface area contributed by atoms with Gasteiger partial charge in [0, 0.05) is 21.8 Å². The summed E-state index contributed by atoms with van der Waals surface area (Å²) >= 11 is 1.46. The Kier molecular flexibility index (Phi) is 8.84. The van der Waals surface area contributed by atoms with Gasteiger partial charge in [-0.1, -0.05) is 37.3 Å². The van der Waals surface area contributed by atoms with Crippen LogP contribution in [0.15, 0.2) is 108 Å². The first kappa shape index (κ1) is 25.9. The van der Waals surface area contributed by atoms with E-state index in [1.807, 2.05) is 85.8 Å². The first-order chi connectivity index (χ1) is 18.0. The lowest BCUT2D eigenvalue weighted by molar-refractivity contribution is -0.115. The Morgan fingerprint density at radius 3 is 2.19 bits per heavy atom. The van der Waals surface area contributed by atoms with E-state index >= 15 is 0 Å². The minimum atomic E-state index is -0.301. The molecule has 2 amide bonds. The van der Waals surface area contributed by atoms with Crippen molar-refractivity contribution in [1.82, 2.24) is 0 Å². The predicted octanol–water partition coefficient (Wildman–Crippen LogP) is 7.25. The van der Waals surface area contributed by atoms with Crippen molar-refractivity contribution in [3.63, 3.8) is 0 Å². The minimum Gasteiger partial charge on any atom is -0.497 e. The number of nitrogens with one attached hydrogen (secondary N) is 2. The van der Waals surface area contributed by atoms with Gasteiger partial charge in [-0.2, -0.15) is 0 Å². The molecule has 0 aliphatic carbocycles. The zero-order valence-corrected chi connectivity index (χ0v) is 21.5. The highest BCUT2D eigenvalue weighted by molar-refractivity contribution is 8.00. The van der Waals surface area contributed by atoms with Gasteiger partial charge in [-0.25, -0.2) is 0 Å². The number of amides is 2. The van der Waals surface area contributed by atoms with Gasteiger partial charge in [0.15, 0.2) is 0 Å². The highest BCUT2D eigenvalue weighted by atomic mass is 32.2. The second kappa shape index (κ2) is 12.6. The zero-order chi connectivity index (χ0) is 26.0. The molecule has 0 saturated carbocycles. The molecule has 1 atom stereocenters. The summed E-state index contributed by atoms with van der Waals surface area (Å²) < 4.78 is 11.0. The molecule has 4 aromatic rings. The van der Waals surface area contributed by atoms with Crippen molar-refractivity contribution >= 4 is 35.0 Å². The first-order valence-electron chi connectivity index (χ1n) is 11.9. The van der Waals surface area contributed by atoms with Crippen LogP contribution in [0.5, 0.6) is 17.2 Å². The van der Waals surface area contributed by atoms with Crippen molar-refractivity contribution < 1.29 is 19.1 Å². The van der Waals surface area contributed by atoms with Gasteiger partial charge in [-0.05, 0) is 79.2 Å². The fourth-order valence-electron chi connectivity index (χ4n) is 3.55. The van der Waals surface area contributed by atoms with Gasteiger partial charge in [0.05, 0.1) is 12.4 Å². The lowest BCUT2D eigenvalue weighted by Crippen LogP contribution is -2.24. The SMILES string of the molecule is CCC(Sc1cccc(NC(=O)c2cccc(OC)c2)c1)C(=O)Nc1ccc(Oc2ccccc2)cc1. The molecule has 7 heteroatoms. The highest BCUT2D eigenvalue weighted by Crippen LogP contribution is 2.29. The second-order valence-corrected chi connectivity index (χ2v) is 9.43. The molecule has 0 saturated heterocycles. The molecule has 37 heavy (non-hydrogen) atoms. The van der Waals surface area contributed by atoms with Crippen molar-refractivity contribution in [2.45, 2.75) is 23.5 Å². The molecule has 0 aromatic heterocycles. The van der Waals surface area contributed by atoms with Crippen LogP contribution in [0.3, 0.4) is 0 Å². The summed E-state index contributed by atoms with van der Waals surface area (Å²) in [4.78, 5) is 26.5. The normalized spacial score (nSPS) is 11.3. The van der Waals surface area contributed by atoms with Crippen LogP contribution >= 0.6 is 11.8 Å². The average Bonchev–Trinajstić information content (AvgIpc) is 2.93. The maximum absolute atomic E-state index is 13.0. The lowest BCUT2D eigenvalue weighted by Gasteiger charge is -2.16. The molecule has 4 aromatic carbocycles. The van der Waals surface area contributed by atoms with Crippen molar-refractivity contribution in [2.75, 3.05) is 17.7 Å². The molecule has 1 unspecified atom stereocenters. The van der Waals surface area contributed by atoms with E-state index < -0.39 is 0 Å². The van der Waals surface area contributed by atoms with Crippen molar-refractivity contribution in [1.29, 1.82) is 0 Å². The third-order valence-electron chi connectivity index (χ3n) is 5.47. The van der Waals surface area contributed by atoms with Crippen molar-refractivity contribution in [3.8, 4) is 17.2 Å². The molecule has 4 rings (SSSR count). The largest absolute Gasteiger partial charge is 0.497 e. The predicted molar refractivity (Wildman–Crippen MR) is 149 cm³/mol. The van der Waals surface area contributed by atoms with E-state index in [-0.39, 0.29) is 17.1 Å². The quantitative estimate of drug-likeness (QED) is 0.219. The third-order valence-corrected chi connectivity index (χ3v) is 6.82. The monoisotopic (exact) mass is 512 g/mol. The van der Waals surface area contributed by atoms with Crippen molar-refractivity contribution in [2.24, 2.45) is 0 Å². The molecule has 188 valence electrons. The number of hydrogen-bond acceptors (Lipinski definition) is 5. The molecule has 0 aliphatic heterocycles. The van der Waals surface area contributed by atoms with E-state index in [1.54, 1.807) is 31.4 Å². The fraction of sp³-hybridized carbons (Fsp3) is 0.133. The van der Waals surface area contributed by atoms with Crippen LogP contribution in [-0.2, 0) is 4.79 Å².